The summed E-state index contributed by atoms with van der Waals surface area (Å²) in [5, 5.41) is 20.4. The van der Waals surface area contributed by atoms with Gasteiger partial charge in [0.1, 0.15) is 0 Å². The molecule has 1 aliphatic rings. The highest BCUT2D eigenvalue weighted by Crippen LogP contribution is 2.35. The van der Waals surface area contributed by atoms with Crippen molar-refractivity contribution >= 4 is 11.9 Å². The van der Waals surface area contributed by atoms with Crippen molar-refractivity contribution in [2.24, 2.45) is 0 Å². The molecule has 2 heterocycles. The molecule has 0 fully saturated rings. The number of hydrogen-bond acceptors (Lipinski definition) is 3. The van der Waals surface area contributed by atoms with Crippen molar-refractivity contribution in [3.8, 4) is 11.1 Å². The molecule has 0 spiro atoms. The average molecular weight is 480 g/mol. The van der Waals surface area contributed by atoms with E-state index in [-0.39, 0.29) is 17.5 Å². The van der Waals surface area contributed by atoms with Crippen LogP contribution in [0.3, 0.4) is 0 Å². The number of nitrogens with one attached hydrogen (secondary N) is 2. The second kappa shape index (κ2) is 10.6. The normalized spacial score (nSPS) is 14.8. The van der Waals surface area contributed by atoms with Crippen LogP contribution in [0, 0.1) is 0 Å². The van der Waals surface area contributed by atoms with Gasteiger partial charge < -0.3 is 10.4 Å². The Balaban J connectivity index is 1.37. The topological polar surface area (TPSA) is 95.1 Å². The lowest BCUT2D eigenvalue weighted by Gasteiger charge is -2.25. The number of carboxylic acids is 1. The molecule has 0 saturated carbocycles. The number of aromatic carboxylic acids is 1. The minimum Gasteiger partial charge on any atom is -0.478 e. The van der Waals surface area contributed by atoms with Crippen molar-refractivity contribution in [3.05, 3.63) is 113 Å². The number of carbonyl (C=O) groups is 2. The van der Waals surface area contributed by atoms with Crippen LogP contribution in [0.25, 0.3) is 11.1 Å². The van der Waals surface area contributed by atoms with Crippen molar-refractivity contribution in [2.75, 3.05) is 0 Å². The monoisotopic (exact) mass is 479 g/mol. The molecule has 1 aromatic heterocycles. The van der Waals surface area contributed by atoms with Gasteiger partial charge in [0.15, 0.2) is 0 Å². The number of carbonyl (C=O) groups excluding carboxylic acids is 1. The lowest BCUT2D eigenvalue weighted by atomic mass is 9.89. The van der Waals surface area contributed by atoms with Crippen LogP contribution in [-0.2, 0) is 19.3 Å². The first-order chi connectivity index (χ1) is 17.6. The second-order valence-electron chi connectivity index (χ2n) is 9.28. The van der Waals surface area contributed by atoms with Crippen LogP contribution in [0.2, 0.25) is 0 Å². The first kappa shape index (κ1) is 23.5. The Morgan fingerprint density at radius 3 is 2.39 bits per heavy atom. The molecule has 1 unspecified atom stereocenters. The van der Waals surface area contributed by atoms with E-state index in [1.165, 1.54) is 5.56 Å². The molecular weight excluding hydrogens is 450 g/mol. The van der Waals surface area contributed by atoms with Crippen molar-refractivity contribution in [1.29, 1.82) is 0 Å². The van der Waals surface area contributed by atoms with E-state index in [1.54, 1.807) is 12.1 Å². The number of aryl methyl sites for hydroxylation is 2. The van der Waals surface area contributed by atoms with E-state index >= 15 is 0 Å². The Kier molecular flexibility index (Phi) is 6.94. The molecule has 1 aliphatic heterocycles. The van der Waals surface area contributed by atoms with Gasteiger partial charge in [0.2, 0.25) is 0 Å². The van der Waals surface area contributed by atoms with Crippen LogP contribution in [0.4, 0.5) is 0 Å². The summed E-state index contributed by atoms with van der Waals surface area (Å²) >= 11 is 0. The summed E-state index contributed by atoms with van der Waals surface area (Å²) in [6, 6.07) is 24.8. The van der Waals surface area contributed by atoms with Gasteiger partial charge in [0.25, 0.3) is 5.91 Å². The number of nitrogens with zero attached hydrogens (tertiary/aromatic N) is 1. The highest BCUT2D eigenvalue weighted by molar-refractivity contribution is 5.97. The summed E-state index contributed by atoms with van der Waals surface area (Å²) in [6.07, 6.45) is 5.76. The molecule has 6 heteroatoms. The predicted octanol–water partition coefficient (Wildman–Crippen LogP) is 5.76. The van der Waals surface area contributed by atoms with E-state index in [2.05, 4.69) is 39.8 Å². The van der Waals surface area contributed by atoms with Crippen molar-refractivity contribution in [3.63, 3.8) is 0 Å². The fourth-order valence-electron chi connectivity index (χ4n) is 4.97. The molecule has 5 rings (SSSR count). The summed E-state index contributed by atoms with van der Waals surface area (Å²) in [5.74, 6) is -1.05. The molecular formula is C30H29N3O3. The summed E-state index contributed by atoms with van der Waals surface area (Å²) in [6.45, 7) is 0. The standard InChI is InChI=1S/C30H29N3O3/c34-29-24-13-8-7-12-23(24)19-26(31-29)28-27(21-15-17-22(18-16-21)30(35)36)25(32-33-28)14-6-2-5-11-20-9-3-1-4-10-20/h1,3-4,7-10,12-13,15-18,26H,2,5-6,11,14,19H2,(H,31,34)(H,32,33)(H,35,36). The fourth-order valence-corrected chi connectivity index (χ4v) is 4.97. The summed E-state index contributed by atoms with van der Waals surface area (Å²) in [7, 11) is 0. The van der Waals surface area contributed by atoms with Crippen LogP contribution in [-0.4, -0.2) is 27.2 Å². The Morgan fingerprint density at radius 1 is 0.889 bits per heavy atom. The van der Waals surface area contributed by atoms with Crippen LogP contribution in [0.5, 0.6) is 0 Å². The zero-order chi connectivity index (χ0) is 24.9. The molecule has 0 aliphatic carbocycles. The second-order valence-corrected chi connectivity index (χ2v) is 9.28. The highest BCUT2D eigenvalue weighted by Gasteiger charge is 2.30. The average Bonchev–Trinajstić information content (AvgIpc) is 3.33. The number of aromatic amines is 1. The van der Waals surface area contributed by atoms with Gasteiger partial charge in [0.05, 0.1) is 17.3 Å². The number of carboxylic acid groups (broad SMARTS) is 1. The maximum atomic E-state index is 12.8. The largest absolute Gasteiger partial charge is 0.478 e. The molecule has 36 heavy (non-hydrogen) atoms. The molecule has 182 valence electrons. The molecule has 6 nitrogen and oxygen atoms in total. The third-order valence-electron chi connectivity index (χ3n) is 6.85. The third-order valence-corrected chi connectivity index (χ3v) is 6.85. The Morgan fingerprint density at radius 2 is 1.61 bits per heavy atom. The summed E-state index contributed by atoms with van der Waals surface area (Å²) in [5.41, 5.74) is 6.97. The summed E-state index contributed by atoms with van der Waals surface area (Å²) < 4.78 is 0. The van der Waals surface area contributed by atoms with Crippen LogP contribution >= 0.6 is 0 Å². The van der Waals surface area contributed by atoms with Gasteiger partial charge in [-0.05, 0) is 67.0 Å². The van der Waals surface area contributed by atoms with E-state index in [9.17, 15) is 14.7 Å². The van der Waals surface area contributed by atoms with E-state index < -0.39 is 5.97 Å². The number of benzene rings is 3. The van der Waals surface area contributed by atoms with Crippen LogP contribution in [0.15, 0.2) is 78.9 Å². The first-order valence-corrected chi connectivity index (χ1v) is 12.4. The van der Waals surface area contributed by atoms with Gasteiger partial charge in [-0.25, -0.2) is 4.79 Å². The van der Waals surface area contributed by atoms with Gasteiger partial charge in [-0.2, -0.15) is 5.10 Å². The zero-order valence-electron chi connectivity index (χ0n) is 20.0. The van der Waals surface area contributed by atoms with Gasteiger partial charge in [0, 0.05) is 16.8 Å². The maximum absolute atomic E-state index is 12.8. The number of amides is 1. The molecule has 4 aromatic rings. The zero-order valence-corrected chi connectivity index (χ0v) is 20.0. The van der Waals surface area contributed by atoms with Gasteiger partial charge in [-0.1, -0.05) is 67.1 Å². The predicted molar refractivity (Wildman–Crippen MR) is 139 cm³/mol. The molecule has 3 aromatic carbocycles. The van der Waals surface area contributed by atoms with Gasteiger partial charge in [-0.3, -0.25) is 9.89 Å². The van der Waals surface area contributed by atoms with Gasteiger partial charge in [-0.15, -0.1) is 0 Å². The summed E-state index contributed by atoms with van der Waals surface area (Å²) in [4.78, 5) is 24.2. The number of fused-ring (bicyclic) bond motifs is 1. The Hall–Kier alpha value is -4.19. The number of aromatic nitrogens is 2. The number of hydrogen-bond donors (Lipinski definition) is 3. The number of rotatable bonds is 9. The number of H-pyrrole nitrogens is 1. The van der Waals surface area contributed by atoms with Crippen molar-refractivity contribution in [2.45, 2.75) is 44.6 Å². The van der Waals surface area contributed by atoms with E-state index in [0.717, 1.165) is 60.2 Å². The van der Waals surface area contributed by atoms with Crippen molar-refractivity contribution in [1.82, 2.24) is 15.5 Å². The van der Waals surface area contributed by atoms with Gasteiger partial charge >= 0.3 is 5.97 Å². The lowest BCUT2D eigenvalue weighted by Crippen LogP contribution is -2.35. The third kappa shape index (κ3) is 5.08. The highest BCUT2D eigenvalue weighted by atomic mass is 16.4. The molecule has 0 saturated heterocycles. The Labute approximate surface area is 210 Å². The lowest BCUT2D eigenvalue weighted by molar-refractivity contribution is 0.0696. The first-order valence-electron chi connectivity index (χ1n) is 12.4. The maximum Gasteiger partial charge on any atom is 0.335 e. The van der Waals surface area contributed by atoms with Crippen LogP contribution in [0.1, 0.15) is 68.5 Å². The van der Waals surface area contributed by atoms with E-state index in [4.69, 9.17) is 0 Å². The fraction of sp³-hybridized carbons (Fsp3) is 0.233. The molecule has 0 bridgehead atoms. The SMILES string of the molecule is O=C(O)c1ccc(-c2c(C3Cc4ccccc4C(=O)N3)n[nH]c2CCCCCc2ccccc2)cc1. The molecule has 1 atom stereocenters. The molecule has 3 N–H and O–H groups in total. The smallest absolute Gasteiger partial charge is 0.335 e. The Bertz CT molecular complexity index is 1360. The minimum atomic E-state index is -0.955. The van der Waals surface area contributed by atoms with E-state index in [0.29, 0.717) is 12.0 Å². The minimum absolute atomic E-state index is 0.0977. The number of unbranched alkanes of at least 4 members (excludes halogenated alkanes) is 2. The quantitative estimate of drug-likeness (QED) is 0.266. The van der Waals surface area contributed by atoms with Crippen LogP contribution < -0.4 is 5.32 Å². The molecule has 1 amide bonds. The van der Waals surface area contributed by atoms with E-state index in [1.807, 2.05) is 42.5 Å². The van der Waals surface area contributed by atoms with Crippen molar-refractivity contribution < 1.29 is 14.7 Å². The molecule has 0 radical (unpaired) electrons.